The average molecular weight is 542 g/mol. The third-order valence-corrected chi connectivity index (χ3v) is 5.75. The summed E-state index contributed by atoms with van der Waals surface area (Å²) in [6.45, 7) is 0.0420. The number of nitrogens with one attached hydrogen (secondary N) is 2. The summed E-state index contributed by atoms with van der Waals surface area (Å²) in [5.41, 5.74) is -4.39. The maximum Gasteiger partial charge on any atom is 0.511 e. The molecule has 2 rings (SSSR count). The van der Waals surface area contributed by atoms with Gasteiger partial charge < -0.3 is 10.6 Å². The highest BCUT2D eigenvalue weighted by molar-refractivity contribution is 14.0. The number of piperidine rings is 1. The molecule has 1 aliphatic heterocycles. The molecule has 1 aliphatic rings. The Morgan fingerprint density at radius 3 is 2.48 bits per heavy atom. The second kappa shape index (κ2) is 10.1. The van der Waals surface area contributed by atoms with E-state index in [0.29, 0.717) is 22.0 Å². The fraction of sp³-hybridized carbons (Fsp3) is 0.571. The molecule has 7 nitrogen and oxygen atoms in total. The largest absolute Gasteiger partial charge is 0.511 e. The van der Waals surface area contributed by atoms with Crippen molar-refractivity contribution in [2.45, 2.75) is 30.9 Å². The number of sulfonamides is 1. The topological polar surface area (TPSA) is 86.7 Å². The summed E-state index contributed by atoms with van der Waals surface area (Å²) in [7, 11) is -3.70. The highest BCUT2D eigenvalue weighted by Crippen LogP contribution is 2.28. The number of hydrogen-bond acceptors (Lipinski definition) is 4. The zero-order chi connectivity index (χ0) is 19.4. The van der Waals surface area contributed by atoms with E-state index in [-0.39, 0.29) is 55.9 Å². The van der Waals surface area contributed by atoms with Crippen molar-refractivity contribution in [1.82, 2.24) is 19.9 Å². The van der Waals surface area contributed by atoms with E-state index in [1.54, 1.807) is 25.4 Å². The van der Waals surface area contributed by atoms with Gasteiger partial charge in [0.05, 0.1) is 0 Å². The molecule has 2 heterocycles. The number of halogens is 5. The second-order valence-electron chi connectivity index (χ2n) is 5.68. The van der Waals surface area contributed by atoms with Crippen LogP contribution in [0.2, 0.25) is 5.15 Å². The Bertz CT molecular complexity index is 738. The minimum absolute atomic E-state index is 0. The molecule has 27 heavy (non-hydrogen) atoms. The predicted molar refractivity (Wildman–Crippen MR) is 108 cm³/mol. The quantitative estimate of drug-likeness (QED) is 0.265. The number of pyridine rings is 1. The Hall–Kier alpha value is -0.860. The lowest BCUT2D eigenvalue weighted by Crippen LogP contribution is -2.51. The van der Waals surface area contributed by atoms with Gasteiger partial charge in [-0.3, -0.25) is 4.99 Å². The van der Waals surface area contributed by atoms with Gasteiger partial charge in [-0.2, -0.15) is 17.5 Å². The molecular weight excluding hydrogens is 522 g/mol. The van der Waals surface area contributed by atoms with Crippen LogP contribution in [0.5, 0.6) is 0 Å². The predicted octanol–water partition coefficient (Wildman–Crippen LogP) is 2.33. The first-order chi connectivity index (χ1) is 12.1. The molecule has 1 aromatic heterocycles. The first-order valence-corrected chi connectivity index (χ1v) is 9.59. The minimum Gasteiger partial charge on any atom is -0.354 e. The molecule has 0 aromatic carbocycles. The van der Waals surface area contributed by atoms with Gasteiger partial charge in [-0.15, -0.1) is 24.0 Å². The smallest absolute Gasteiger partial charge is 0.354 e. The van der Waals surface area contributed by atoms with Crippen LogP contribution in [-0.4, -0.2) is 55.4 Å². The van der Waals surface area contributed by atoms with Crippen LogP contribution >= 0.6 is 35.6 Å². The molecule has 0 unspecified atom stereocenters. The zero-order valence-electron chi connectivity index (χ0n) is 14.3. The highest BCUT2D eigenvalue weighted by atomic mass is 127. The van der Waals surface area contributed by atoms with Gasteiger partial charge >= 0.3 is 15.5 Å². The van der Waals surface area contributed by atoms with E-state index in [1.807, 2.05) is 0 Å². The molecular formula is C14H20ClF3IN5O2S. The van der Waals surface area contributed by atoms with E-state index >= 15 is 0 Å². The van der Waals surface area contributed by atoms with Crippen LogP contribution in [-0.2, 0) is 16.6 Å². The number of guanidine groups is 1. The fourth-order valence-electron chi connectivity index (χ4n) is 2.47. The number of aliphatic imine (C=N–C) groups is 1. The van der Waals surface area contributed by atoms with Crippen molar-refractivity contribution in [1.29, 1.82) is 0 Å². The van der Waals surface area contributed by atoms with Crippen LogP contribution in [0.3, 0.4) is 0 Å². The third-order valence-electron chi connectivity index (χ3n) is 3.90. The lowest BCUT2D eigenvalue weighted by Gasteiger charge is -2.32. The Morgan fingerprint density at radius 2 is 2.00 bits per heavy atom. The monoisotopic (exact) mass is 541 g/mol. The number of rotatable bonds is 4. The Labute approximate surface area is 177 Å². The Kier molecular flexibility index (Phi) is 9.02. The van der Waals surface area contributed by atoms with Gasteiger partial charge in [0.25, 0.3) is 0 Å². The molecule has 0 saturated carbocycles. The molecule has 154 valence electrons. The molecule has 1 fully saturated rings. The summed E-state index contributed by atoms with van der Waals surface area (Å²) in [6.07, 6.45) is 2.11. The van der Waals surface area contributed by atoms with Gasteiger partial charge in [0.2, 0.25) is 0 Å². The maximum absolute atomic E-state index is 12.6. The molecule has 0 spiro atoms. The molecule has 0 atom stereocenters. The molecule has 0 amide bonds. The zero-order valence-corrected chi connectivity index (χ0v) is 18.2. The van der Waals surface area contributed by atoms with Gasteiger partial charge in [0.15, 0.2) is 5.96 Å². The van der Waals surface area contributed by atoms with E-state index in [9.17, 15) is 21.6 Å². The third kappa shape index (κ3) is 6.61. The van der Waals surface area contributed by atoms with Gasteiger partial charge in [-0.05, 0) is 24.5 Å². The van der Waals surface area contributed by atoms with E-state index in [1.165, 1.54) is 0 Å². The molecule has 0 aliphatic carbocycles. The van der Waals surface area contributed by atoms with Crippen molar-refractivity contribution in [2.24, 2.45) is 4.99 Å². The van der Waals surface area contributed by atoms with Crippen LogP contribution in [0.1, 0.15) is 18.4 Å². The molecule has 13 heteroatoms. The molecule has 2 N–H and O–H groups in total. The van der Waals surface area contributed by atoms with Crippen LogP contribution in [0.15, 0.2) is 23.3 Å². The highest BCUT2D eigenvalue weighted by Gasteiger charge is 2.50. The SMILES string of the molecule is CN=C(NCc1ccc(Cl)nc1)NC1CCN(S(=O)(=O)C(F)(F)F)CC1.I. The van der Waals surface area contributed by atoms with Crippen molar-refractivity contribution < 1.29 is 21.6 Å². The van der Waals surface area contributed by atoms with Crippen LogP contribution in [0, 0.1) is 0 Å². The number of hydrogen-bond donors (Lipinski definition) is 2. The summed E-state index contributed by atoms with van der Waals surface area (Å²) >= 11 is 5.72. The summed E-state index contributed by atoms with van der Waals surface area (Å²) in [5.74, 6) is 0.470. The maximum atomic E-state index is 12.6. The minimum atomic E-state index is -5.27. The van der Waals surface area contributed by atoms with Crippen LogP contribution in [0.25, 0.3) is 0 Å². The molecule has 1 saturated heterocycles. The van der Waals surface area contributed by atoms with Gasteiger partial charge in [0.1, 0.15) is 5.15 Å². The van der Waals surface area contributed by atoms with Crippen molar-refractivity contribution in [3.05, 3.63) is 29.0 Å². The second-order valence-corrected chi connectivity index (χ2v) is 8.00. The lowest BCUT2D eigenvalue weighted by molar-refractivity contribution is -0.0494. The van der Waals surface area contributed by atoms with Crippen molar-refractivity contribution in [3.63, 3.8) is 0 Å². The summed E-state index contributed by atoms with van der Waals surface area (Å²) in [5, 5.41) is 6.54. The van der Waals surface area contributed by atoms with Crippen LogP contribution in [0.4, 0.5) is 13.2 Å². The standard InChI is InChI=1S/C14H19ClF3N5O2S.HI/c1-19-13(21-9-10-2-3-12(15)20-8-10)22-11-4-6-23(7-5-11)26(24,25)14(16,17)18;/h2-3,8,11H,4-7,9H2,1H3,(H2,19,21,22);1H. The summed E-state index contributed by atoms with van der Waals surface area (Å²) in [6, 6.07) is 3.28. The fourth-order valence-corrected chi connectivity index (χ4v) is 3.57. The summed E-state index contributed by atoms with van der Waals surface area (Å²) < 4.78 is 61.0. The van der Waals surface area contributed by atoms with E-state index in [2.05, 4.69) is 20.6 Å². The van der Waals surface area contributed by atoms with Crippen molar-refractivity contribution in [2.75, 3.05) is 20.1 Å². The average Bonchev–Trinajstić information content (AvgIpc) is 2.59. The van der Waals surface area contributed by atoms with E-state index < -0.39 is 15.5 Å². The number of alkyl halides is 3. The normalized spacial score (nSPS) is 17.3. The summed E-state index contributed by atoms with van der Waals surface area (Å²) in [4.78, 5) is 8.02. The number of nitrogens with zero attached hydrogens (tertiary/aromatic N) is 3. The molecule has 1 aromatic rings. The van der Waals surface area contributed by atoms with Crippen molar-refractivity contribution in [3.8, 4) is 0 Å². The number of aromatic nitrogens is 1. The Balaban J connectivity index is 0.00000364. The van der Waals surface area contributed by atoms with E-state index in [4.69, 9.17) is 11.6 Å². The first kappa shape index (κ1) is 24.2. The Morgan fingerprint density at radius 1 is 1.37 bits per heavy atom. The molecule has 0 radical (unpaired) electrons. The van der Waals surface area contributed by atoms with Crippen LogP contribution < -0.4 is 10.6 Å². The van der Waals surface area contributed by atoms with Gasteiger partial charge in [-0.25, -0.2) is 13.4 Å². The van der Waals surface area contributed by atoms with Crippen molar-refractivity contribution >= 4 is 51.6 Å². The lowest BCUT2D eigenvalue weighted by atomic mass is 10.1. The van der Waals surface area contributed by atoms with Gasteiger partial charge in [-0.1, -0.05) is 17.7 Å². The van der Waals surface area contributed by atoms with Gasteiger partial charge in [0, 0.05) is 38.9 Å². The molecule has 0 bridgehead atoms. The first-order valence-electron chi connectivity index (χ1n) is 7.77. The van der Waals surface area contributed by atoms with E-state index in [0.717, 1.165) is 5.56 Å².